The minimum Gasteiger partial charge on any atom is -0.317 e. The van der Waals surface area contributed by atoms with Crippen LogP contribution in [-0.2, 0) is 4.79 Å². The number of piperidine rings is 1. The second-order valence-electron chi connectivity index (χ2n) is 4.09. The quantitative estimate of drug-likeness (QED) is 0.832. The first-order valence-electron chi connectivity index (χ1n) is 5.55. The summed E-state index contributed by atoms with van der Waals surface area (Å²) in [5.41, 5.74) is 0. The van der Waals surface area contributed by atoms with Crippen LogP contribution >= 0.6 is 11.5 Å². The number of carbonyl (C=O) groups excluding carboxylic acids is 1. The lowest BCUT2D eigenvalue weighted by Crippen LogP contribution is -2.30. The summed E-state index contributed by atoms with van der Waals surface area (Å²) in [6, 6.07) is 0. The van der Waals surface area contributed by atoms with Crippen molar-refractivity contribution >= 4 is 22.6 Å². The van der Waals surface area contributed by atoms with E-state index >= 15 is 0 Å². The number of amides is 1. The van der Waals surface area contributed by atoms with Crippen molar-refractivity contribution in [3.63, 3.8) is 0 Å². The summed E-state index contributed by atoms with van der Waals surface area (Å²) in [7, 11) is 0. The number of rotatable bonds is 3. The summed E-state index contributed by atoms with van der Waals surface area (Å²) in [5, 5.41) is 6.69. The highest BCUT2D eigenvalue weighted by Gasteiger charge is 2.17. The Balaban J connectivity index is 1.79. The van der Waals surface area contributed by atoms with Gasteiger partial charge in [-0.25, -0.2) is 4.98 Å². The van der Waals surface area contributed by atoms with E-state index in [9.17, 15) is 4.79 Å². The summed E-state index contributed by atoms with van der Waals surface area (Å²) < 4.78 is 4.02. The van der Waals surface area contributed by atoms with Crippen LogP contribution in [0, 0.1) is 12.8 Å². The zero-order valence-electron chi connectivity index (χ0n) is 9.32. The number of hydrogen-bond acceptors (Lipinski definition) is 5. The monoisotopic (exact) mass is 240 g/mol. The minimum atomic E-state index is 0.0584. The van der Waals surface area contributed by atoms with Gasteiger partial charge in [-0.15, -0.1) is 0 Å². The molecule has 0 radical (unpaired) electrons. The lowest BCUT2D eigenvalue weighted by molar-refractivity contribution is -0.117. The van der Waals surface area contributed by atoms with E-state index in [0.29, 0.717) is 23.3 Å². The number of hydrogen-bond donors (Lipinski definition) is 2. The topological polar surface area (TPSA) is 66.9 Å². The summed E-state index contributed by atoms with van der Waals surface area (Å²) in [6.45, 7) is 3.87. The van der Waals surface area contributed by atoms with Crippen molar-refractivity contribution in [2.45, 2.75) is 26.2 Å². The SMILES string of the molecule is Cc1nsc(NC(=O)CC2CCNCC2)n1. The first kappa shape index (κ1) is 11.5. The van der Waals surface area contributed by atoms with E-state index in [1.54, 1.807) is 0 Å². The number of anilines is 1. The molecule has 1 aromatic rings. The summed E-state index contributed by atoms with van der Waals surface area (Å²) in [5.74, 6) is 1.28. The molecular weight excluding hydrogens is 224 g/mol. The smallest absolute Gasteiger partial charge is 0.226 e. The minimum absolute atomic E-state index is 0.0584. The highest BCUT2D eigenvalue weighted by molar-refractivity contribution is 7.09. The first-order chi connectivity index (χ1) is 7.74. The molecule has 1 amide bonds. The fourth-order valence-electron chi connectivity index (χ4n) is 1.87. The van der Waals surface area contributed by atoms with E-state index < -0.39 is 0 Å². The maximum absolute atomic E-state index is 11.7. The molecule has 0 atom stereocenters. The fraction of sp³-hybridized carbons (Fsp3) is 0.700. The van der Waals surface area contributed by atoms with Crippen molar-refractivity contribution in [1.29, 1.82) is 0 Å². The van der Waals surface area contributed by atoms with Crippen molar-refractivity contribution < 1.29 is 4.79 Å². The molecule has 6 heteroatoms. The van der Waals surface area contributed by atoms with E-state index in [0.717, 1.165) is 25.9 Å². The van der Waals surface area contributed by atoms with Gasteiger partial charge in [0, 0.05) is 18.0 Å². The van der Waals surface area contributed by atoms with Gasteiger partial charge in [-0.05, 0) is 38.8 Å². The molecule has 2 rings (SSSR count). The second-order valence-corrected chi connectivity index (χ2v) is 4.84. The molecule has 1 saturated heterocycles. The Morgan fingerprint density at radius 3 is 2.94 bits per heavy atom. The standard InChI is InChI=1S/C10H16N4OS/c1-7-12-10(16-14-7)13-9(15)6-8-2-4-11-5-3-8/h8,11H,2-6H2,1H3,(H,12,13,14,15). The van der Waals surface area contributed by atoms with Crippen molar-refractivity contribution in [3.8, 4) is 0 Å². The normalized spacial score (nSPS) is 17.3. The third-order valence-corrected chi connectivity index (χ3v) is 3.43. The highest BCUT2D eigenvalue weighted by Crippen LogP contribution is 2.17. The van der Waals surface area contributed by atoms with Crippen molar-refractivity contribution in [3.05, 3.63) is 5.82 Å². The van der Waals surface area contributed by atoms with Gasteiger partial charge in [0.25, 0.3) is 0 Å². The van der Waals surface area contributed by atoms with Gasteiger partial charge < -0.3 is 10.6 Å². The van der Waals surface area contributed by atoms with Crippen LogP contribution in [0.1, 0.15) is 25.1 Å². The van der Waals surface area contributed by atoms with Crippen LogP contribution < -0.4 is 10.6 Å². The van der Waals surface area contributed by atoms with E-state index in [4.69, 9.17) is 0 Å². The lowest BCUT2D eigenvalue weighted by Gasteiger charge is -2.21. The summed E-state index contributed by atoms with van der Waals surface area (Å²) in [4.78, 5) is 15.8. The maximum atomic E-state index is 11.7. The van der Waals surface area contributed by atoms with E-state index in [2.05, 4.69) is 20.0 Å². The fourth-order valence-corrected chi connectivity index (χ4v) is 2.46. The van der Waals surface area contributed by atoms with Gasteiger partial charge in [-0.1, -0.05) is 0 Å². The Morgan fingerprint density at radius 2 is 2.31 bits per heavy atom. The first-order valence-corrected chi connectivity index (χ1v) is 6.32. The summed E-state index contributed by atoms with van der Waals surface area (Å²) in [6.07, 6.45) is 2.77. The Morgan fingerprint density at radius 1 is 1.56 bits per heavy atom. The van der Waals surface area contributed by atoms with Crippen LogP contribution in [0.15, 0.2) is 0 Å². The molecule has 5 nitrogen and oxygen atoms in total. The zero-order valence-corrected chi connectivity index (χ0v) is 10.1. The maximum Gasteiger partial charge on any atom is 0.226 e. The van der Waals surface area contributed by atoms with E-state index in [1.165, 1.54) is 11.5 Å². The molecule has 0 aliphatic carbocycles. The number of carbonyl (C=O) groups is 1. The predicted octanol–water partition coefficient (Wildman–Crippen LogP) is 1.17. The highest BCUT2D eigenvalue weighted by atomic mass is 32.1. The third-order valence-electron chi connectivity index (χ3n) is 2.71. The summed E-state index contributed by atoms with van der Waals surface area (Å²) >= 11 is 1.23. The van der Waals surface area contributed by atoms with Crippen LogP contribution in [0.5, 0.6) is 0 Å². The molecule has 0 saturated carbocycles. The molecular formula is C10H16N4OS. The molecule has 0 unspecified atom stereocenters. The molecule has 2 heterocycles. The van der Waals surface area contributed by atoms with Crippen LogP contribution in [0.4, 0.5) is 5.13 Å². The zero-order chi connectivity index (χ0) is 11.4. The van der Waals surface area contributed by atoms with E-state index in [1.807, 2.05) is 6.92 Å². The second kappa shape index (κ2) is 5.36. The molecule has 16 heavy (non-hydrogen) atoms. The Bertz CT molecular complexity index is 359. The molecule has 1 aliphatic heterocycles. The average molecular weight is 240 g/mol. The van der Waals surface area contributed by atoms with Gasteiger partial charge in [-0.2, -0.15) is 4.37 Å². The van der Waals surface area contributed by atoms with Gasteiger partial charge in [0.2, 0.25) is 11.0 Å². The Hall–Kier alpha value is -1.01. The number of nitrogens with zero attached hydrogens (tertiary/aromatic N) is 2. The van der Waals surface area contributed by atoms with Crippen LogP contribution in [0.25, 0.3) is 0 Å². The molecule has 0 bridgehead atoms. The molecule has 1 aliphatic rings. The Kier molecular flexibility index (Phi) is 3.84. The van der Waals surface area contributed by atoms with E-state index in [-0.39, 0.29) is 5.91 Å². The van der Waals surface area contributed by atoms with Gasteiger partial charge in [0.1, 0.15) is 5.82 Å². The largest absolute Gasteiger partial charge is 0.317 e. The number of nitrogens with one attached hydrogen (secondary N) is 2. The molecule has 1 aromatic heterocycles. The molecule has 1 fully saturated rings. The number of aromatic nitrogens is 2. The van der Waals surface area contributed by atoms with Crippen LogP contribution in [-0.4, -0.2) is 28.4 Å². The van der Waals surface area contributed by atoms with Gasteiger partial charge in [0.15, 0.2) is 0 Å². The lowest BCUT2D eigenvalue weighted by atomic mass is 9.94. The van der Waals surface area contributed by atoms with Crippen LogP contribution in [0.2, 0.25) is 0 Å². The molecule has 0 aromatic carbocycles. The van der Waals surface area contributed by atoms with Gasteiger partial charge in [0.05, 0.1) is 0 Å². The average Bonchev–Trinajstić information content (AvgIpc) is 2.65. The van der Waals surface area contributed by atoms with Gasteiger partial charge in [-0.3, -0.25) is 4.79 Å². The molecule has 0 spiro atoms. The predicted molar refractivity (Wildman–Crippen MR) is 63.5 cm³/mol. The third kappa shape index (κ3) is 3.24. The van der Waals surface area contributed by atoms with Gasteiger partial charge >= 0.3 is 0 Å². The van der Waals surface area contributed by atoms with Crippen molar-refractivity contribution in [1.82, 2.24) is 14.7 Å². The Labute approximate surface area is 98.8 Å². The van der Waals surface area contributed by atoms with Crippen LogP contribution in [0.3, 0.4) is 0 Å². The van der Waals surface area contributed by atoms with Crippen molar-refractivity contribution in [2.75, 3.05) is 18.4 Å². The molecule has 2 N–H and O–H groups in total. The van der Waals surface area contributed by atoms with Crippen molar-refractivity contribution in [2.24, 2.45) is 5.92 Å². The number of aryl methyl sites for hydroxylation is 1. The molecule has 88 valence electrons.